The number of rotatable bonds is 8. The second-order valence-corrected chi connectivity index (χ2v) is 6.63. The average molecular weight is 414 g/mol. The minimum Gasteiger partial charge on any atom is -0.336 e. The topological polar surface area (TPSA) is 93.0 Å². The third-order valence-corrected chi connectivity index (χ3v) is 4.19. The molecule has 0 fully saturated rings. The van der Waals surface area contributed by atoms with E-state index in [9.17, 15) is 18.4 Å². The minimum atomic E-state index is -0.799. The molecule has 0 saturated heterocycles. The Kier molecular flexibility index (Phi) is 6.79. The van der Waals surface area contributed by atoms with E-state index in [1.165, 1.54) is 16.7 Å². The lowest BCUT2D eigenvalue weighted by Crippen LogP contribution is -2.35. The molecule has 0 unspecified atom stereocenters. The number of nitrogens with one attached hydrogen (secondary N) is 1. The number of hydrogen-bond donors (Lipinski definition) is 1. The lowest BCUT2D eigenvalue weighted by Gasteiger charge is -2.16. The van der Waals surface area contributed by atoms with Crippen LogP contribution in [0.5, 0.6) is 0 Å². The van der Waals surface area contributed by atoms with Crippen LogP contribution in [0, 0.1) is 11.6 Å². The van der Waals surface area contributed by atoms with E-state index in [1.54, 1.807) is 0 Å². The van der Waals surface area contributed by atoms with Gasteiger partial charge in [-0.15, -0.1) is 10.2 Å². The molecule has 0 aliphatic carbocycles. The van der Waals surface area contributed by atoms with Gasteiger partial charge < -0.3 is 10.2 Å². The standard InChI is InChI=1S/C20H20F2N6O2/c1-27(13-18(29)23-17-11-15(21)10-16(22)12-17)19(30)8-5-9-28-25-20(24-26-28)14-6-3-2-4-7-14/h2-4,6-7,10-12H,5,8-9,13H2,1H3,(H,23,29). The highest BCUT2D eigenvalue weighted by molar-refractivity contribution is 5.94. The molecule has 0 saturated carbocycles. The lowest BCUT2D eigenvalue weighted by molar-refractivity contribution is -0.133. The molecule has 0 atom stereocenters. The molecule has 30 heavy (non-hydrogen) atoms. The first kappa shape index (κ1) is 21.0. The van der Waals surface area contributed by atoms with Gasteiger partial charge in [0, 0.05) is 30.8 Å². The number of tetrazole rings is 1. The van der Waals surface area contributed by atoms with E-state index in [1.807, 2.05) is 30.3 Å². The Morgan fingerprint density at radius 3 is 2.50 bits per heavy atom. The van der Waals surface area contributed by atoms with Gasteiger partial charge in [-0.25, -0.2) is 8.78 Å². The van der Waals surface area contributed by atoms with E-state index >= 15 is 0 Å². The third kappa shape index (κ3) is 5.90. The molecule has 8 nitrogen and oxygen atoms in total. The number of carbonyl (C=O) groups is 2. The predicted molar refractivity (Wildman–Crippen MR) is 105 cm³/mol. The first-order valence-electron chi connectivity index (χ1n) is 9.24. The van der Waals surface area contributed by atoms with Crippen LogP contribution in [0.2, 0.25) is 0 Å². The molecular formula is C20H20F2N6O2. The number of likely N-dealkylation sites (N-methyl/N-ethyl adjacent to an activating group) is 1. The smallest absolute Gasteiger partial charge is 0.243 e. The van der Waals surface area contributed by atoms with Gasteiger partial charge in [0.1, 0.15) is 11.6 Å². The van der Waals surface area contributed by atoms with Crippen LogP contribution in [0.25, 0.3) is 11.4 Å². The summed E-state index contributed by atoms with van der Waals surface area (Å²) in [7, 11) is 1.48. The molecule has 1 N–H and O–H groups in total. The zero-order valence-corrected chi connectivity index (χ0v) is 16.3. The Morgan fingerprint density at radius 2 is 1.80 bits per heavy atom. The van der Waals surface area contributed by atoms with Crippen molar-refractivity contribution in [2.45, 2.75) is 19.4 Å². The largest absolute Gasteiger partial charge is 0.336 e. The van der Waals surface area contributed by atoms with Crippen LogP contribution in [0.1, 0.15) is 12.8 Å². The fraction of sp³-hybridized carbons (Fsp3) is 0.250. The van der Waals surface area contributed by atoms with Gasteiger partial charge in [-0.1, -0.05) is 30.3 Å². The Bertz CT molecular complexity index is 1000. The highest BCUT2D eigenvalue weighted by Gasteiger charge is 2.14. The maximum atomic E-state index is 13.2. The summed E-state index contributed by atoms with van der Waals surface area (Å²) in [6.45, 7) is 0.158. The van der Waals surface area contributed by atoms with Gasteiger partial charge in [-0.2, -0.15) is 4.80 Å². The molecule has 2 aromatic carbocycles. The maximum Gasteiger partial charge on any atom is 0.243 e. The van der Waals surface area contributed by atoms with Crippen molar-refractivity contribution in [3.05, 3.63) is 60.2 Å². The SMILES string of the molecule is CN(CC(=O)Nc1cc(F)cc(F)c1)C(=O)CCCn1nnc(-c2ccccc2)n1. The quantitative estimate of drug-likeness (QED) is 0.611. The second kappa shape index (κ2) is 9.68. The number of benzene rings is 2. The van der Waals surface area contributed by atoms with Gasteiger partial charge in [0.2, 0.25) is 17.6 Å². The van der Waals surface area contributed by atoms with Gasteiger partial charge in [0.05, 0.1) is 13.1 Å². The molecule has 156 valence electrons. The molecule has 2 amide bonds. The van der Waals surface area contributed by atoms with Crippen LogP contribution in [-0.4, -0.2) is 50.5 Å². The minimum absolute atomic E-state index is 0.00942. The molecule has 0 bridgehead atoms. The van der Waals surface area contributed by atoms with E-state index in [4.69, 9.17) is 0 Å². The summed E-state index contributed by atoms with van der Waals surface area (Å²) in [5, 5.41) is 14.6. The molecule has 0 aliphatic rings. The summed E-state index contributed by atoms with van der Waals surface area (Å²) in [4.78, 5) is 26.9. The summed E-state index contributed by atoms with van der Waals surface area (Å²) < 4.78 is 26.3. The van der Waals surface area contributed by atoms with Crippen LogP contribution in [-0.2, 0) is 16.1 Å². The van der Waals surface area contributed by atoms with Gasteiger partial charge in [-0.05, 0) is 23.8 Å². The number of carbonyl (C=O) groups excluding carboxylic acids is 2. The van der Waals surface area contributed by atoms with Gasteiger partial charge in [-0.3, -0.25) is 9.59 Å². The van der Waals surface area contributed by atoms with E-state index in [2.05, 4.69) is 20.7 Å². The Balaban J connectivity index is 1.43. The normalized spacial score (nSPS) is 10.6. The van der Waals surface area contributed by atoms with Crippen molar-refractivity contribution in [1.29, 1.82) is 0 Å². The Morgan fingerprint density at radius 1 is 1.10 bits per heavy atom. The monoisotopic (exact) mass is 414 g/mol. The molecule has 3 aromatic rings. The van der Waals surface area contributed by atoms with Crippen molar-refractivity contribution >= 4 is 17.5 Å². The first-order chi connectivity index (χ1) is 14.4. The van der Waals surface area contributed by atoms with E-state index in [0.29, 0.717) is 24.9 Å². The maximum absolute atomic E-state index is 13.2. The number of amides is 2. The summed E-state index contributed by atoms with van der Waals surface area (Å²) in [5.41, 5.74) is 0.841. The summed E-state index contributed by atoms with van der Waals surface area (Å²) in [5.74, 6) is -1.90. The predicted octanol–water partition coefficient (Wildman–Crippen LogP) is 2.50. The van der Waals surface area contributed by atoms with Gasteiger partial charge in [0.15, 0.2) is 0 Å². The number of hydrogen-bond acceptors (Lipinski definition) is 5. The van der Waals surface area contributed by atoms with E-state index in [-0.39, 0.29) is 24.6 Å². The van der Waals surface area contributed by atoms with Crippen LogP contribution in [0.4, 0.5) is 14.5 Å². The Labute approximate surface area is 171 Å². The molecule has 1 heterocycles. The average Bonchev–Trinajstić information content (AvgIpc) is 3.16. The second-order valence-electron chi connectivity index (χ2n) is 6.63. The number of aromatic nitrogens is 4. The highest BCUT2D eigenvalue weighted by atomic mass is 19.1. The summed E-state index contributed by atoms with van der Waals surface area (Å²) in [6, 6.07) is 12.1. The van der Waals surface area contributed by atoms with Crippen molar-refractivity contribution in [2.75, 3.05) is 18.9 Å². The fourth-order valence-electron chi connectivity index (χ4n) is 2.73. The van der Waals surface area contributed by atoms with Crippen LogP contribution < -0.4 is 5.32 Å². The van der Waals surface area contributed by atoms with Crippen LogP contribution in [0.15, 0.2) is 48.5 Å². The fourth-order valence-corrected chi connectivity index (χ4v) is 2.73. The third-order valence-electron chi connectivity index (χ3n) is 4.19. The zero-order valence-electron chi connectivity index (χ0n) is 16.3. The first-order valence-corrected chi connectivity index (χ1v) is 9.24. The number of nitrogens with zero attached hydrogens (tertiary/aromatic N) is 5. The molecule has 10 heteroatoms. The zero-order chi connectivity index (χ0) is 21.5. The number of aryl methyl sites for hydroxylation is 1. The highest BCUT2D eigenvalue weighted by Crippen LogP contribution is 2.13. The van der Waals surface area contributed by atoms with E-state index in [0.717, 1.165) is 17.7 Å². The summed E-state index contributed by atoms with van der Waals surface area (Å²) >= 11 is 0. The lowest BCUT2D eigenvalue weighted by atomic mass is 10.2. The van der Waals surface area contributed by atoms with Crippen molar-refractivity contribution in [3.8, 4) is 11.4 Å². The Hall–Kier alpha value is -3.69. The van der Waals surface area contributed by atoms with Crippen molar-refractivity contribution in [3.63, 3.8) is 0 Å². The van der Waals surface area contributed by atoms with E-state index < -0.39 is 17.5 Å². The molecule has 1 aromatic heterocycles. The van der Waals surface area contributed by atoms with Crippen molar-refractivity contribution in [2.24, 2.45) is 0 Å². The van der Waals surface area contributed by atoms with Crippen LogP contribution in [0.3, 0.4) is 0 Å². The van der Waals surface area contributed by atoms with Crippen molar-refractivity contribution in [1.82, 2.24) is 25.1 Å². The van der Waals surface area contributed by atoms with Crippen LogP contribution >= 0.6 is 0 Å². The molecule has 0 aliphatic heterocycles. The molecule has 0 radical (unpaired) electrons. The molecular weight excluding hydrogens is 394 g/mol. The number of halogens is 2. The number of anilines is 1. The van der Waals surface area contributed by atoms with Gasteiger partial charge >= 0.3 is 0 Å². The van der Waals surface area contributed by atoms with Gasteiger partial charge in [0.25, 0.3) is 0 Å². The summed E-state index contributed by atoms with van der Waals surface area (Å²) in [6.07, 6.45) is 0.644. The molecule has 3 rings (SSSR count). The van der Waals surface area contributed by atoms with Crippen molar-refractivity contribution < 1.29 is 18.4 Å². The molecule has 0 spiro atoms.